The molecule has 0 radical (unpaired) electrons. The molecule has 3 heterocycles. The van der Waals surface area contributed by atoms with E-state index in [0.29, 0.717) is 18.4 Å². The smallest absolute Gasteiger partial charge is 0.0475 e. The van der Waals surface area contributed by atoms with Crippen LogP contribution in [0.3, 0.4) is 0 Å². The van der Waals surface area contributed by atoms with Gasteiger partial charge in [-0.05, 0) is 37.9 Å². The van der Waals surface area contributed by atoms with Crippen LogP contribution in [-0.2, 0) is 6.54 Å². The molecule has 0 amide bonds. The second-order valence-corrected chi connectivity index (χ2v) is 8.39. The van der Waals surface area contributed by atoms with Gasteiger partial charge in [0.1, 0.15) is 0 Å². The van der Waals surface area contributed by atoms with E-state index in [1.54, 1.807) is 0 Å². The molecule has 2 aliphatic rings. The van der Waals surface area contributed by atoms with Crippen molar-refractivity contribution in [1.82, 2.24) is 14.7 Å². The molecule has 3 rings (SSSR count). The highest BCUT2D eigenvalue weighted by atomic mass is 32.1. The highest BCUT2D eigenvalue weighted by molar-refractivity contribution is 7.11. The van der Waals surface area contributed by atoms with E-state index in [2.05, 4.69) is 40.8 Å². The van der Waals surface area contributed by atoms with Crippen LogP contribution >= 0.6 is 11.3 Å². The molecule has 0 saturated carbocycles. The molecule has 2 fully saturated rings. The van der Waals surface area contributed by atoms with Gasteiger partial charge in [-0.25, -0.2) is 0 Å². The normalized spacial score (nSPS) is 28.5. The lowest BCUT2D eigenvalue weighted by atomic mass is 9.96. The van der Waals surface area contributed by atoms with Gasteiger partial charge in [0, 0.05) is 68.7 Å². The van der Waals surface area contributed by atoms with Gasteiger partial charge >= 0.3 is 0 Å². The summed E-state index contributed by atoms with van der Waals surface area (Å²) in [6, 6.07) is 4.46. The fraction of sp³-hybridized carbons (Fsp3) is 0.765. The van der Waals surface area contributed by atoms with E-state index >= 15 is 0 Å². The third kappa shape index (κ3) is 4.09. The van der Waals surface area contributed by atoms with Gasteiger partial charge in [0.15, 0.2) is 0 Å². The summed E-state index contributed by atoms with van der Waals surface area (Å²) in [6.07, 6.45) is 0. The summed E-state index contributed by atoms with van der Waals surface area (Å²) in [7, 11) is 2.20. The molecule has 5 heteroatoms. The topological polar surface area (TPSA) is 30.0 Å². The lowest BCUT2D eigenvalue weighted by molar-refractivity contribution is 0.116. The van der Waals surface area contributed by atoms with E-state index in [1.807, 2.05) is 11.3 Å². The fourth-order valence-corrected chi connectivity index (χ4v) is 4.66. The van der Waals surface area contributed by atoms with Crippen molar-refractivity contribution in [2.75, 3.05) is 59.5 Å². The monoisotopic (exact) mass is 323 g/mol. The molecule has 0 spiro atoms. The molecule has 4 nitrogen and oxygen atoms in total. The Bertz CT molecular complexity index is 470. The second-order valence-electron chi connectivity index (χ2n) is 7.01. The summed E-state index contributed by atoms with van der Waals surface area (Å²) in [6.45, 7) is 11.6. The van der Waals surface area contributed by atoms with Crippen LogP contribution in [-0.4, -0.2) is 79.3 Å². The Hall–Kier alpha value is -0.460. The van der Waals surface area contributed by atoms with Gasteiger partial charge in [0.25, 0.3) is 0 Å². The van der Waals surface area contributed by atoms with Crippen molar-refractivity contribution in [2.24, 2.45) is 11.8 Å². The number of nitrogens with zero attached hydrogens (tertiary/aromatic N) is 3. The molecular formula is C17H29N3OS. The van der Waals surface area contributed by atoms with E-state index in [4.69, 9.17) is 0 Å². The number of thiophene rings is 1. The average molecular weight is 324 g/mol. The maximum atomic E-state index is 9.75. The van der Waals surface area contributed by atoms with Crippen molar-refractivity contribution in [3.63, 3.8) is 0 Å². The average Bonchev–Trinajstić information content (AvgIpc) is 3.08. The predicted octanol–water partition coefficient (Wildman–Crippen LogP) is 1.34. The van der Waals surface area contributed by atoms with E-state index < -0.39 is 0 Å². The summed E-state index contributed by atoms with van der Waals surface area (Å²) in [5.41, 5.74) is 0. The number of likely N-dealkylation sites (tertiary alicyclic amines) is 1. The van der Waals surface area contributed by atoms with Crippen LogP contribution in [0.15, 0.2) is 12.1 Å². The van der Waals surface area contributed by atoms with Crippen molar-refractivity contribution in [1.29, 1.82) is 0 Å². The van der Waals surface area contributed by atoms with Crippen molar-refractivity contribution < 1.29 is 5.11 Å². The molecule has 0 aliphatic carbocycles. The SMILES string of the molecule is Cc1ccc(CN2C[C@@H](CN3CCN(C)CC3)[C@@H](CO)C2)s1. The van der Waals surface area contributed by atoms with Crippen LogP contribution in [0.25, 0.3) is 0 Å². The molecule has 0 aromatic carbocycles. The van der Waals surface area contributed by atoms with Crippen molar-refractivity contribution in [3.05, 3.63) is 21.9 Å². The van der Waals surface area contributed by atoms with E-state index in [0.717, 1.165) is 26.2 Å². The van der Waals surface area contributed by atoms with Gasteiger partial charge in [-0.15, -0.1) is 11.3 Å². The maximum absolute atomic E-state index is 9.75. The van der Waals surface area contributed by atoms with Crippen molar-refractivity contribution in [3.8, 4) is 0 Å². The number of aliphatic hydroxyl groups excluding tert-OH is 1. The Labute approximate surface area is 138 Å². The van der Waals surface area contributed by atoms with Crippen LogP contribution in [0, 0.1) is 18.8 Å². The number of piperazine rings is 1. The quantitative estimate of drug-likeness (QED) is 0.886. The Morgan fingerprint density at radius 1 is 1.09 bits per heavy atom. The molecule has 1 N–H and O–H groups in total. The van der Waals surface area contributed by atoms with Gasteiger partial charge in [-0.3, -0.25) is 4.90 Å². The molecule has 2 saturated heterocycles. The first-order chi connectivity index (χ1) is 10.6. The van der Waals surface area contributed by atoms with Crippen LogP contribution < -0.4 is 0 Å². The van der Waals surface area contributed by atoms with Gasteiger partial charge in [0.05, 0.1) is 0 Å². The summed E-state index contributed by atoms with van der Waals surface area (Å²) in [5, 5.41) is 9.75. The minimum absolute atomic E-state index is 0.332. The molecule has 22 heavy (non-hydrogen) atoms. The van der Waals surface area contributed by atoms with Gasteiger partial charge < -0.3 is 14.9 Å². The van der Waals surface area contributed by atoms with Crippen LogP contribution in [0.4, 0.5) is 0 Å². The molecule has 0 bridgehead atoms. The Morgan fingerprint density at radius 2 is 1.82 bits per heavy atom. The Balaban J connectivity index is 1.53. The first-order valence-corrected chi connectivity index (χ1v) is 9.25. The van der Waals surface area contributed by atoms with E-state index in [9.17, 15) is 5.11 Å². The summed E-state index contributed by atoms with van der Waals surface area (Å²) in [4.78, 5) is 10.4. The van der Waals surface area contributed by atoms with Gasteiger partial charge in [-0.2, -0.15) is 0 Å². The largest absolute Gasteiger partial charge is 0.396 e. The number of rotatable bonds is 5. The van der Waals surface area contributed by atoms with Crippen LogP contribution in [0.5, 0.6) is 0 Å². The summed E-state index contributed by atoms with van der Waals surface area (Å²) in [5.74, 6) is 1.06. The van der Waals surface area contributed by atoms with Crippen LogP contribution in [0.1, 0.15) is 9.75 Å². The third-order valence-electron chi connectivity index (χ3n) is 5.15. The molecular weight excluding hydrogens is 294 g/mol. The molecule has 2 atom stereocenters. The molecule has 0 unspecified atom stereocenters. The summed E-state index contributed by atoms with van der Waals surface area (Å²) >= 11 is 1.90. The zero-order valence-corrected chi connectivity index (χ0v) is 14.7. The minimum Gasteiger partial charge on any atom is -0.396 e. The van der Waals surface area contributed by atoms with E-state index in [1.165, 1.54) is 35.9 Å². The minimum atomic E-state index is 0.332. The Kier molecular flexibility index (Phi) is 5.52. The Morgan fingerprint density at radius 3 is 2.45 bits per heavy atom. The highest BCUT2D eigenvalue weighted by Gasteiger charge is 2.33. The number of hydrogen-bond acceptors (Lipinski definition) is 5. The molecule has 1 aromatic heterocycles. The predicted molar refractivity (Wildman–Crippen MR) is 92.3 cm³/mol. The number of aliphatic hydroxyl groups is 1. The number of aryl methyl sites for hydroxylation is 1. The molecule has 2 aliphatic heterocycles. The maximum Gasteiger partial charge on any atom is 0.0475 e. The van der Waals surface area contributed by atoms with Crippen LogP contribution in [0.2, 0.25) is 0 Å². The highest BCUT2D eigenvalue weighted by Crippen LogP contribution is 2.27. The lowest BCUT2D eigenvalue weighted by Gasteiger charge is -2.34. The first-order valence-electron chi connectivity index (χ1n) is 8.43. The third-order valence-corrected chi connectivity index (χ3v) is 6.14. The zero-order chi connectivity index (χ0) is 15.5. The van der Waals surface area contributed by atoms with Gasteiger partial charge in [0.2, 0.25) is 0 Å². The zero-order valence-electron chi connectivity index (χ0n) is 13.9. The van der Waals surface area contributed by atoms with E-state index in [-0.39, 0.29) is 0 Å². The standard InChI is InChI=1S/C17H29N3OS/c1-14-3-4-17(22-14)12-20-10-15(16(11-20)13-21)9-19-7-5-18(2)6-8-19/h3-4,15-16,21H,5-13H2,1-2H3/t15-,16-/m1/s1. The number of hydrogen-bond donors (Lipinski definition) is 1. The first kappa shape index (κ1) is 16.4. The molecule has 1 aromatic rings. The van der Waals surface area contributed by atoms with Crippen molar-refractivity contribution >= 4 is 11.3 Å². The number of likely N-dealkylation sites (N-methyl/N-ethyl adjacent to an activating group) is 1. The molecule has 124 valence electrons. The second kappa shape index (κ2) is 7.41. The van der Waals surface area contributed by atoms with Gasteiger partial charge in [-0.1, -0.05) is 0 Å². The lowest BCUT2D eigenvalue weighted by Crippen LogP contribution is -2.47. The summed E-state index contributed by atoms with van der Waals surface area (Å²) < 4.78 is 0. The fourth-order valence-electron chi connectivity index (χ4n) is 3.73. The van der Waals surface area contributed by atoms with Crippen molar-refractivity contribution in [2.45, 2.75) is 13.5 Å².